The summed E-state index contributed by atoms with van der Waals surface area (Å²) in [7, 11) is 1.61. The van der Waals surface area contributed by atoms with Crippen LogP contribution in [0.3, 0.4) is 0 Å². The van der Waals surface area contributed by atoms with Gasteiger partial charge in [-0.25, -0.2) is 8.60 Å². The van der Waals surface area contributed by atoms with Crippen LogP contribution in [0.2, 0.25) is 0 Å². The molecule has 1 aliphatic rings. The lowest BCUT2D eigenvalue weighted by atomic mass is 9.99. The second kappa shape index (κ2) is 11.9. The van der Waals surface area contributed by atoms with E-state index in [9.17, 15) is 13.2 Å². The molecule has 5 rings (SSSR count). The Morgan fingerprint density at radius 1 is 0.895 bits per heavy atom. The van der Waals surface area contributed by atoms with Crippen molar-refractivity contribution in [3.05, 3.63) is 78.6 Å². The monoisotopic (exact) mass is 535 g/mol. The fraction of sp³-hybridized carbons (Fsp3) is 0.267. The third-order valence-corrected chi connectivity index (χ3v) is 7.48. The Hall–Kier alpha value is -3.46. The van der Waals surface area contributed by atoms with Crippen molar-refractivity contribution in [3.63, 3.8) is 0 Å². The molecule has 1 N–H and O–H groups in total. The van der Waals surface area contributed by atoms with E-state index < -0.39 is 16.9 Å². The molecule has 4 aromatic rings. The van der Waals surface area contributed by atoms with Gasteiger partial charge in [-0.05, 0) is 97.5 Å². The minimum Gasteiger partial charge on any atom is -0.497 e. The number of rotatable bonds is 9. The molecule has 1 aliphatic heterocycles. The van der Waals surface area contributed by atoms with Crippen molar-refractivity contribution in [2.75, 3.05) is 33.4 Å². The van der Waals surface area contributed by atoms with Gasteiger partial charge < -0.3 is 18.8 Å². The van der Waals surface area contributed by atoms with Crippen LogP contribution in [0.15, 0.2) is 77.7 Å². The van der Waals surface area contributed by atoms with Crippen molar-refractivity contribution in [2.45, 2.75) is 24.2 Å². The van der Waals surface area contributed by atoms with Crippen molar-refractivity contribution in [1.29, 1.82) is 0 Å². The number of piperidine rings is 1. The molecule has 0 aliphatic carbocycles. The molecular weight excluding hydrogens is 505 g/mol. The predicted octanol–water partition coefficient (Wildman–Crippen LogP) is 6.89. The van der Waals surface area contributed by atoms with E-state index in [0.29, 0.717) is 35.0 Å². The van der Waals surface area contributed by atoms with Crippen LogP contribution in [-0.2, 0) is 11.1 Å². The van der Waals surface area contributed by atoms with Gasteiger partial charge >= 0.3 is 0 Å². The summed E-state index contributed by atoms with van der Waals surface area (Å²) in [5.41, 5.74) is 1.18. The molecule has 0 bridgehead atoms. The molecule has 1 fully saturated rings. The van der Waals surface area contributed by atoms with Gasteiger partial charge in [-0.15, -0.1) is 0 Å². The Labute approximate surface area is 224 Å². The molecule has 4 aromatic carbocycles. The maximum atomic E-state index is 14.6. The first-order valence-electron chi connectivity index (χ1n) is 12.7. The van der Waals surface area contributed by atoms with Crippen molar-refractivity contribution in [3.8, 4) is 34.1 Å². The first kappa shape index (κ1) is 26.2. The van der Waals surface area contributed by atoms with E-state index in [1.54, 1.807) is 13.2 Å². The summed E-state index contributed by atoms with van der Waals surface area (Å²) in [5.74, 6) is 1.87. The van der Waals surface area contributed by atoms with E-state index in [1.165, 1.54) is 31.4 Å². The van der Waals surface area contributed by atoms with Crippen LogP contribution in [0.25, 0.3) is 21.9 Å². The largest absolute Gasteiger partial charge is 0.497 e. The van der Waals surface area contributed by atoms with Crippen LogP contribution < -0.4 is 14.2 Å². The molecule has 0 amide bonds. The average Bonchev–Trinajstić information content (AvgIpc) is 2.94. The standard InChI is InChI=1S/C30H30FNO5S/c1-35-25-11-13-27-21(19-25)5-12-26(22-6-14-29(38(33)34)28(31)20-22)30(27)37-24-9-7-23(8-10-24)36-18-17-32-15-3-2-4-16-32/h5-14,19-20H,2-4,15-18H2,1H3,(H,33,34). The molecule has 0 saturated carbocycles. The second-order valence-electron chi connectivity index (χ2n) is 9.25. The number of fused-ring (bicyclic) bond motifs is 1. The summed E-state index contributed by atoms with van der Waals surface area (Å²) < 4.78 is 53.0. The van der Waals surface area contributed by atoms with Crippen molar-refractivity contribution < 1.29 is 27.4 Å². The number of nitrogens with zero attached hydrogens (tertiary/aromatic N) is 1. The molecule has 38 heavy (non-hydrogen) atoms. The van der Waals surface area contributed by atoms with Gasteiger partial charge in [0.15, 0.2) is 11.1 Å². The minimum absolute atomic E-state index is 0.266. The smallest absolute Gasteiger partial charge is 0.189 e. The predicted molar refractivity (Wildman–Crippen MR) is 147 cm³/mol. The fourth-order valence-electron chi connectivity index (χ4n) is 4.75. The minimum atomic E-state index is -2.41. The maximum Gasteiger partial charge on any atom is 0.189 e. The van der Waals surface area contributed by atoms with Crippen LogP contribution in [-0.4, -0.2) is 47.0 Å². The highest BCUT2D eigenvalue weighted by Crippen LogP contribution is 2.41. The first-order valence-corrected chi connectivity index (χ1v) is 13.8. The quantitative estimate of drug-likeness (QED) is 0.235. The zero-order valence-electron chi connectivity index (χ0n) is 21.2. The Morgan fingerprint density at radius 3 is 2.34 bits per heavy atom. The molecule has 198 valence electrons. The van der Waals surface area contributed by atoms with Crippen LogP contribution >= 0.6 is 0 Å². The lowest BCUT2D eigenvalue weighted by molar-refractivity contribution is 0.183. The van der Waals surface area contributed by atoms with E-state index >= 15 is 0 Å². The van der Waals surface area contributed by atoms with Gasteiger partial charge in [0.25, 0.3) is 0 Å². The summed E-state index contributed by atoms with van der Waals surface area (Å²) in [5, 5.41) is 1.72. The molecule has 8 heteroatoms. The van der Waals surface area contributed by atoms with Crippen LogP contribution in [0.5, 0.6) is 23.0 Å². The summed E-state index contributed by atoms with van der Waals surface area (Å²) in [6.45, 7) is 3.83. The Kier molecular flexibility index (Phi) is 8.22. The number of hydrogen-bond acceptors (Lipinski definition) is 5. The number of methoxy groups -OCH3 is 1. The number of ether oxygens (including phenoxy) is 3. The second-order valence-corrected chi connectivity index (χ2v) is 10.2. The van der Waals surface area contributed by atoms with Gasteiger partial charge in [0.1, 0.15) is 40.3 Å². The van der Waals surface area contributed by atoms with E-state index in [2.05, 4.69) is 4.90 Å². The Bertz CT molecular complexity index is 1440. The van der Waals surface area contributed by atoms with Gasteiger partial charge in [0.05, 0.1) is 7.11 Å². The third-order valence-electron chi connectivity index (χ3n) is 6.78. The maximum absolute atomic E-state index is 14.6. The SMILES string of the molecule is COc1ccc2c(Oc3ccc(OCCN4CCCCC4)cc3)c(-c3ccc(S(=O)O)c(F)c3)ccc2c1. The molecule has 1 saturated heterocycles. The summed E-state index contributed by atoms with van der Waals surface area (Å²) >= 11 is -2.41. The zero-order valence-corrected chi connectivity index (χ0v) is 22.0. The van der Waals surface area contributed by atoms with Gasteiger partial charge in [-0.3, -0.25) is 4.90 Å². The van der Waals surface area contributed by atoms with E-state index in [1.807, 2.05) is 54.6 Å². The van der Waals surface area contributed by atoms with Gasteiger partial charge in [0, 0.05) is 17.5 Å². The van der Waals surface area contributed by atoms with Gasteiger partial charge in [-0.1, -0.05) is 18.6 Å². The summed E-state index contributed by atoms with van der Waals surface area (Å²) in [4.78, 5) is 2.17. The van der Waals surface area contributed by atoms with Crippen LogP contribution in [0, 0.1) is 5.82 Å². The lowest BCUT2D eigenvalue weighted by Gasteiger charge is -2.26. The van der Waals surface area contributed by atoms with E-state index in [4.69, 9.17) is 14.2 Å². The van der Waals surface area contributed by atoms with E-state index in [0.717, 1.165) is 36.2 Å². The average molecular weight is 536 g/mol. The van der Waals surface area contributed by atoms with Crippen molar-refractivity contribution in [2.24, 2.45) is 0 Å². The summed E-state index contributed by atoms with van der Waals surface area (Å²) in [6.07, 6.45) is 3.83. The molecule has 6 nitrogen and oxygen atoms in total. The van der Waals surface area contributed by atoms with Crippen LogP contribution in [0.1, 0.15) is 19.3 Å². The molecule has 1 atom stereocenters. The normalized spacial score (nSPS) is 14.8. The number of hydrogen-bond donors (Lipinski definition) is 1. The molecule has 1 heterocycles. The highest BCUT2D eigenvalue weighted by atomic mass is 32.2. The zero-order chi connectivity index (χ0) is 26.5. The highest BCUT2D eigenvalue weighted by molar-refractivity contribution is 7.79. The highest BCUT2D eigenvalue weighted by Gasteiger charge is 2.16. The summed E-state index contributed by atoms with van der Waals surface area (Å²) in [6, 6.07) is 21.0. The van der Waals surface area contributed by atoms with Crippen molar-refractivity contribution in [1.82, 2.24) is 4.90 Å². The number of likely N-dealkylation sites (tertiary alicyclic amines) is 1. The molecule has 0 radical (unpaired) electrons. The van der Waals surface area contributed by atoms with Crippen molar-refractivity contribution >= 4 is 21.9 Å². The van der Waals surface area contributed by atoms with Gasteiger partial charge in [0.2, 0.25) is 0 Å². The number of benzene rings is 4. The topological polar surface area (TPSA) is 68.2 Å². The third kappa shape index (κ3) is 5.99. The lowest BCUT2D eigenvalue weighted by Crippen LogP contribution is -2.33. The van der Waals surface area contributed by atoms with E-state index in [-0.39, 0.29) is 4.90 Å². The Balaban J connectivity index is 1.41. The molecular formula is C30H30FNO5S. The molecule has 0 aromatic heterocycles. The fourth-order valence-corrected chi connectivity index (χ4v) is 5.16. The molecule has 0 spiro atoms. The first-order chi connectivity index (χ1) is 18.5. The van der Waals surface area contributed by atoms with Gasteiger partial charge in [-0.2, -0.15) is 0 Å². The Morgan fingerprint density at radius 2 is 1.63 bits per heavy atom. The number of halogens is 1. The van der Waals surface area contributed by atoms with Crippen LogP contribution in [0.4, 0.5) is 4.39 Å². The molecule has 1 unspecified atom stereocenters.